The Kier molecular flexibility index (Phi) is 5.48. The normalized spacial score (nSPS) is 29.9. The van der Waals surface area contributed by atoms with Crippen molar-refractivity contribution in [1.29, 1.82) is 0 Å². The Morgan fingerprint density at radius 1 is 1.07 bits per heavy atom. The maximum atomic E-state index is 15.2. The van der Waals surface area contributed by atoms with Gasteiger partial charge in [-0.25, -0.2) is 4.39 Å². The predicted molar refractivity (Wildman–Crippen MR) is 116 cm³/mol. The molecule has 0 aliphatic carbocycles. The number of anilines is 2. The topological polar surface area (TPSA) is 36.0 Å². The van der Waals surface area contributed by atoms with Crippen molar-refractivity contribution in [2.75, 3.05) is 49.2 Å². The minimum absolute atomic E-state index is 0.0907. The molecule has 1 aromatic carbocycles. The largest absolute Gasteiger partial charge is 0.381 e. The van der Waals surface area contributed by atoms with Crippen molar-refractivity contribution in [2.45, 2.75) is 64.0 Å². The van der Waals surface area contributed by atoms with Gasteiger partial charge in [0.05, 0.1) is 11.1 Å². The van der Waals surface area contributed by atoms with Crippen LogP contribution in [0.25, 0.3) is 0 Å². The first-order valence-electron chi connectivity index (χ1n) is 11.8. The van der Waals surface area contributed by atoms with Crippen LogP contribution in [0.4, 0.5) is 15.8 Å². The van der Waals surface area contributed by atoms with Crippen molar-refractivity contribution >= 4 is 17.3 Å². The van der Waals surface area contributed by atoms with Crippen LogP contribution in [0.15, 0.2) is 18.2 Å². The van der Waals surface area contributed by atoms with E-state index in [1.807, 2.05) is 12.1 Å². The summed E-state index contributed by atoms with van der Waals surface area (Å²) in [5, 5.41) is 0. The molecule has 0 saturated carbocycles. The van der Waals surface area contributed by atoms with E-state index in [9.17, 15) is 4.79 Å². The molecule has 5 nitrogen and oxygen atoms in total. The van der Waals surface area contributed by atoms with Gasteiger partial charge in [0.2, 0.25) is 5.91 Å². The van der Waals surface area contributed by atoms with Crippen molar-refractivity contribution in [3.05, 3.63) is 24.0 Å². The third-order valence-corrected chi connectivity index (χ3v) is 8.01. The van der Waals surface area contributed by atoms with Crippen molar-refractivity contribution < 1.29 is 13.9 Å². The van der Waals surface area contributed by atoms with Crippen LogP contribution < -0.4 is 9.80 Å². The number of halogens is 1. The van der Waals surface area contributed by atoms with E-state index in [0.29, 0.717) is 37.5 Å². The molecular weight excluding hydrogens is 381 g/mol. The lowest BCUT2D eigenvalue weighted by Crippen LogP contribution is -2.51. The van der Waals surface area contributed by atoms with Gasteiger partial charge >= 0.3 is 0 Å². The number of ether oxygens (including phenoxy) is 1. The molecule has 6 heteroatoms. The van der Waals surface area contributed by atoms with E-state index in [-0.39, 0.29) is 17.1 Å². The highest BCUT2D eigenvalue weighted by Crippen LogP contribution is 2.42. The van der Waals surface area contributed by atoms with E-state index in [2.05, 4.69) is 16.7 Å². The minimum Gasteiger partial charge on any atom is -0.381 e. The second-order valence-electron chi connectivity index (χ2n) is 9.71. The van der Waals surface area contributed by atoms with Crippen LogP contribution >= 0.6 is 0 Å². The fourth-order valence-corrected chi connectivity index (χ4v) is 6.18. The lowest BCUT2D eigenvalue weighted by Gasteiger charge is -2.43. The average Bonchev–Trinajstić information content (AvgIpc) is 3.40. The van der Waals surface area contributed by atoms with Gasteiger partial charge in [-0.3, -0.25) is 9.69 Å². The highest BCUT2D eigenvalue weighted by Gasteiger charge is 2.45. The molecule has 1 spiro atoms. The van der Waals surface area contributed by atoms with E-state index < -0.39 is 0 Å². The van der Waals surface area contributed by atoms with E-state index >= 15 is 4.39 Å². The van der Waals surface area contributed by atoms with E-state index in [4.69, 9.17) is 4.74 Å². The molecule has 4 aliphatic heterocycles. The Balaban J connectivity index is 1.31. The summed E-state index contributed by atoms with van der Waals surface area (Å²) in [6.07, 6.45) is 7.06. The Morgan fingerprint density at radius 2 is 1.90 bits per heavy atom. The van der Waals surface area contributed by atoms with Gasteiger partial charge in [-0.2, -0.15) is 0 Å². The van der Waals surface area contributed by atoms with Gasteiger partial charge in [0, 0.05) is 50.6 Å². The number of nitrogens with zero attached hydrogens (tertiary/aromatic N) is 3. The summed E-state index contributed by atoms with van der Waals surface area (Å²) in [5.74, 6) is -0.184. The number of carbonyl (C=O) groups excluding carboxylic acids is 1. The number of hydrogen-bond donors (Lipinski definition) is 0. The molecule has 30 heavy (non-hydrogen) atoms. The SMILES string of the molecule is C[C@H]1CCCN1[C@@H]1CCN(c2ccc(N3CCCC4(CCOCC4)C3=O)c(F)c2)C1. The van der Waals surface area contributed by atoms with Gasteiger partial charge < -0.3 is 14.5 Å². The van der Waals surface area contributed by atoms with Crippen LogP contribution in [0.1, 0.15) is 51.9 Å². The molecular formula is C24H34FN3O2. The van der Waals surface area contributed by atoms with Gasteiger partial charge in [0.25, 0.3) is 0 Å². The van der Waals surface area contributed by atoms with Crippen LogP contribution in [0.3, 0.4) is 0 Å². The zero-order valence-electron chi connectivity index (χ0n) is 18.1. The molecule has 4 heterocycles. The molecule has 0 aromatic heterocycles. The fraction of sp³-hybridized carbons (Fsp3) is 0.708. The Hall–Kier alpha value is -1.66. The fourth-order valence-electron chi connectivity index (χ4n) is 6.18. The summed E-state index contributed by atoms with van der Waals surface area (Å²) in [6, 6.07) is 6.71. The molecule has 0 radical (unpaired) electrons. The summed E-state index contributed by atoms with van der Waals surface area (Å²) in [7, 11) is 0. The monoisotopic (exact) mass is 415 g/mol. The first-order chi connectivity index (χ1) is 14.6. The summed E-state index contributed by atoms with van der Waals surface area (Å²) in [4.78, 5) is 19.9. The lowest BCUT2D eigenvalue weighted by atomic mass is 9.73. The molecule has 5 rings (SSSR count). The van der Waals surface area contributed by atoms with E-state index in [1.54, 1.807) is 11.0 Å². The number of hydrogen-bond acceptors (Lipinski definition) is 4. The number of piperidine rings is 1. The maximum Gasteiger partial charge on any atom is 0.233 e. The van der Waals surface area contributed by atoms with E-state index in [1.165, 1.54) is 19.4 Å². The average molecular weight is 416 g/mol. The molecule has 2 atom stereocenters. The Labute approximate surface area is 179 Å². The van der Waals surface area contributed by atoms with Crippen molar-refractivity contribution in [3.63, 3.8) is 0 Å². The number of rotatable bonds is 3. The zero-order valence-corrected chi connectivity index (χ0v) is 18.1. The van der Waals surface area contributed by atoms with Gasteiger partial charge in [0.15, 0.2) is 0 Å². The molecule has 0 N–H and O–H groups in total. The second kappa shape index (κ2) is 8.12. The van der Waals surface area contributed by atoms with Crippen molar-refractivity contribution in [3.8, 4) is 0 Å². The minimum atomic E-state index is -0.351. The molecule has 164 valence electrons. The predicted octanol–water partition coefficient (Wildman–Crippen LogP) is 3.81. The van der Waals surface area contributed by atoms with Crippen LogP contribution in [0.2, 0.25) is 0 Å². The second-order valence-corrected chi connectivity index (χ2v) is 9.71. The van der Waals surface area contributed by atoms with Crippen molar-refractivity contribution in [1.82, 2.24) is 4.90 Å². The summed E-state index contributed by atoms with van der Waals surface area (Å²) in [5.41, 5.74) is 1.03. The van der Waals surface area contributed by atoms with Crippen LogP contribution in [0.5, 0.6) is 0 Å². The summed E-state index contributed by atoms with van der Waals surface area (Å²) < 4.78 is 20.7. The third kappa shape index (κ3) is 3.52. The lowest BCUT2D eigenvalue weighted by molar-refractivity contribution is -0.136. The zero-order chi connectivity index (χ0) is 20.7. The number of carbonyl (C=O) groups is 1. The highest BCUT2D eigenvalue weighted by atomic mass is 19.1. The molecule has 0 unspecified atom stereocenters. The number of benzene rings is 1. The highest BCUT2D eigenvalue weighted by molar-refractivity contribution is 5.98. The first kappa shape index (κ1) is 20.3. The Bertz CT molecular complexity index is 789. The van der Waals surface area contributed by atoms with Crippen LogP contribution in [0, 0.1) is 11.2 Å². The number of amides is 1. The van der Waals surface area contributed by atoms with E-state index in [0.717, 1.165) is 50.9 Å². The standard InChI is InChI=1S/C24H34FN3O2/c1-18-4-2-11-27(18)20-7-13-26(17-20)19-5-6-22(21(25)16-19)28-12-3-8-24(23(28)29)9-14-30-15-10-24/h5-6,16,18,20H,2-4,7-15,17H2,1H3/t18-,20+/m0/s1. The first-order valence-corrected chi connectivity index (χ1v) is 11.8. The Morgan fingerprint density at radius 3 is 2.63 bits per heavy atom. The summed E-state index contributed by atoms with van der Waals surface area (Å²) in [6.45, 7) is 7.32. The molecule has 1 aromatic rings. The number of likely N-dealkylation sites (tertiary alicyclic amines) is 1. The molecule has 4 aliphatic rings. The van der Waals surface area contributed by atoms with Gasteiger partial charge in [-0.1, -0.05) is 0 Å². The smallest absolute Gasteiger partial charge is 0.233 e. The maximum absolute atomic E-state index is 15.2. The molecule has 1 amide bonds. The van der Waals surface area contributed by atoms with Crippen molar-refractivity contribution in [2.24, 2.45) is 5.41 Å². The molecule has 4 saturated heterocycles. The summed E-state index contributed by atoms with van der Waals surface area (Å²) >= 11 is 0. The van der Waals surface area contributed by atoms with Gasteiger partial charge in [-0.05, 0) is 76.6 Å². The van der Waals surface area contributed by atoms with Crippen LogP contribution in [-0.4, -0.2) is 62.3 Å². The van der Waals surface area contributed by atoms with Gasteiger partial charge in [0.1, 0.15) is 5.82 Å². The molecule has 4 fully saturated rings. The quantitative estimate of drug-likeness (QED) is 0.752. The molecule has 0 bridgehead atoms. The third-order valence-electron chi connectivity index (χ3n) is 8.01. The van der Waals surface area contributed by atoms with Gasteiger partial charge in [-0.15, -0.1) is 0 Å². The van der Waals surface area contributed by atoms with Crippen LogP contribution in [-0.2, 0) is 9.53 Å².